The van der Waals surface area contributed by atoms with Gasteiger partial charge in [0, 0.05) is 30.4 Å². The summed E-state index contributed by atoms with van der Waals surface area (Å²) in [5.74, 6) is 0.150. The second-order valence-electron chi connectivity index (χ2n) is 8.67. The van der Waals surface area contributed by atoms with Crippen LogP contribution in [-0.2, 0) is 0 Å². The molecule has 2 unspecified atom stereocenters. The third-order valence-corrected chi connectivity index (χ3v) is 6.73. The highest BCUT2D eigenvalue weighted by atomic mass is 35.5. The Morgan fingerprint density at radius 1 is 1.30 bits per heavy atom. The maximum absolute atomic E-state index is 13.5. The predicted octanol–water partition coefficient (Wildman–Crippen LogP) is 3.44. The van der Waals surface area contributed by atoms with Crippen LogP contribution in [0.25, 0.3) is 16.6 Å². The maximum Gasteiger partial charge on any atom is 0.253 e. The van der Waals surface area contributed by atoms with E-state index in [1.165, 1.54) is 18.3 Å². The molecular formula is C26H22ClFN6O3. The van der Waals surface area contributed by atoms with E-state index in [1.54, 1.807) is 24.0 Å². The summed E-state index contributed by atoms with van der Waals surface area (Å²) in [7, 11) is 1.56. The van der Waals surface area contributed by atoms with E-state index in [2.05, 4.69) is 21.5 Å². The van der Waals surface area contributed by atoms with E-state index in [4.69, 9.17) is 16.3 Å². The van der Waals surface area contributed by atoms with Crippen molar-refractivity contribution in [1.82, 2.24) is 19.9 Å². The molecule has 4 heterocycles. The lowest BCUT2D eigenvalue weighted by Gasteiger charge is -2.37. The number of piperidine rings is 1. The Bertz CT molecular complexity index is 1520. The highest BCUT2D eigenvalue weighted by Gasteiger charge is 2.30. The summed E-state index contributed by atoms with van der Waals surface area (Å²) in [6.45, 7) is 0.786. The molecule has 11 heteroatoms. The number of hydrogen-bond acceptors (Lipinski definition) is 7. The van der Waals surface area contributed by atoms with Crippen molar-refractivity contribution in [2.75, 3.05) is 25.1 Å². The normalized spacial score (nSPS) is 17.4. The average Bonchev–Trinajstić information content (AvgIpc) is 3.34. The standard InChI is InChI=1S/C26H22ClFN6O3/c1-37-18-9-19(25-16(10-29)12-31-34(25)13-18)15-2-5-24(30-11-15)33-7-6-22(23(35)14-33)32-26(36)20-8-17(28)3-4-21(20)27/h2-5,8-9,11-13,22-23,35H,6-7,14H2,1H3,(H,32,36). The van der Waals surface area contributed by atoms with Gasteiger partial charge in [0.25, 0.3) is 5.91 Å². The van der Waals surface area contributed by atoms with Gasteiger partial charge in [0.2, 0.25) is 0 Å². The van der Waals surface area contributed by atoms with Gasteiger partial charge in [0.05, 0.1) is 53.3 Å². The molecule has 1 amide bonds. The number of nitrogens with zero attached hydrogens (tertiary/aromatic N) is 5. The number of halogens is 2. The number of β-amino-alcohol motifs (C(OH)–C–C–N with tert-alkyl or cyclic N) is 1. The number of fused-ring (bicyclic) bond motifs is 1. The van der Waals surface area contributed by atoms with Gasteiger partial charge < -0.3 is 20.1 Å². The molecule has 0 bridgehead atoms. The van der Waals surface area contributed by atoms with Crippen LogP contribution in [0, 0.1) is 17.1 Å². The van der Waals surface area contributed by atoms with E-state index in [9.17, 15) is 19.6 Å². The molecule has 9 nitrogen and oxygen atoms in total. The molecule has 3 aromatic heterocycles. The fraction of sp³-hybridized carbons (Fsp3) is 0.231. The molecule has 0 aliphatic carbocycles. The lowest BCUT2D eigenvalue weighted by Crippen LogP contribution is -2.54. The molecule has 37 heavy (non-hydrogen) atoms. The molecule has 1 aromatic carbocycles. The summed E-state index contributed by atoms with van der Waals surface area (Å²) in [5, 5.41) is 27.4. The third kappa shape index (κ3) is 4.79. The quantitative estimate of drug-likeness (QED) is 0.414. The number of methoxy groups -OCH3 is 1. The highest BCUT2D eigenvalue weighted by Crippen LogP contribution is 2.31. The van der Waals surface area contributed by atoms with Crippen LogP contribution in [0.4, 0.5) is 10.2 Å². The summed E-state index contributed by atoms with van der Waals surface area (Å²) < 4.78 is 20.5. The van der Waals surface area contributed by atoms with Crippen molar-refractivity contribution in [2.45, 2.75) is 18.6 Å². The number of ether oxygens (including phenoxy) is 1. The van der Waals surface area contributed by atoms with Crippen molar-refractivity contribution in [1.29, 1.82) is 5.26 Å². The topological polar surface area (TPSA) is 116 Å². The number of nitrogens with one attached hydrogen (secondary N) is 1. The molecule has 1 fully saturated rings. The van der Waals surface area contributed by atoms with Crippen LogP contribution in [0.2, 0.25) is 5.02 Å². The zero-order valence-corrected chi connectivity index (χ0v) is 20.5. The Labute approximate surface area is 216 Å². The van der Waals surface area contributed by atoms with Crippen molar-refractivity contribution >= 4 is 28.8 Å². The Morgan fingerprint density at radius 3 is 2.84 bits per heavy atom. The lowest BCUT2D eigenvalue weighted by atomic mass is 10.0. The van der Waals surface area contributed by atoms with Gasteiger partial charge in [-0.05, 0) is 42.8 Å². The zero-order chi connectivity index (χ0) is 26.1. The first-order valence-corrected chi connectivity index (χ1v) is 11.9. The van der Waals surface area contributed by atoms with Gasteiger partial charge in [-0.15, -0.1) is 0 Å². The van der Waals surface area contributed by atoms with Gasteiger partial charge in [-0.25, -0.2) is 13.9 Å². The third-order valence-electron chi connectivity index (χ3n) is 6.40. The number of hydrogen-bond donors (Lipinski definition) is 2. The molecule has 0 radical (unpaired) electrons. The van der Waals surface area contributed by atoms with Crippen LogP contribution in [0.3, 0.4) is 0 Å². The van der Waals surface area contributed by atoms with Crippen LogP contribution >= 0.6 is 11.6 Å². The Hall–Kier alpha value is -4.20. The van der Waals surface area contributed by atoms with E-state index in [0.29, 0.717) is 35.6 Å². The second kappa shape index (κ2) is 10.0. The number of carbonyl (C=O) groups excluding carboxylic acids is 1. The Kier molecular flexibility index (Phi) is 6.65. The number of aliphatic hydroxyl groups excluding tert-OH is 1. The van der Waals surface area contributed by atoms with E-state index < -0.39 is 23.9 Å². The minimum atomic E-state index is -0.866. The van der Waals surface area contributed by atoms with Gasteiger partial charge >= 0.3 is 0 Å². The fourth-order valence-corrected chi connectivity index (χ4v) is 4.67. The van der Waals surface area contributed by atoms with Crippen LogP contribution < -0.4 is 15.0 Å². The molecular weight excluding hydrogens is 499 g/mol. The van der Waals surface area contributed by atoms with Gasteiger partial charge in [-0.1, -0.05) is 11.6 Å². The number of aromatic nitrogens is 3. The van der Waals surface area contributed by atoms with Crippen LogP contribution in [0.5, 0.6) is 5.75 Å². The number of rotatable bonds is 5. The predicted molar refractivity (Wildman–Crippen MR) is 135 cm³/mol. The molecule has 0 spiro atoms. The first-order valence-electron chi connectivity index (χ1n) is 11.5. The molecule has 2 atom stereocenters. The van der Waals surface area contributed by atoms with Gasteiger partial charge in [-0.2, -0.15) is 10.4 Å². The van der Waals surface area contributed by atoms with Gasteiger partial charge in [-0.3, -0.25) is 4.79 Å². The van der Waals surface area contributed by atoms with Crippen molar-refractivity contribution in [3.63, 3.8) is 0 Å². The SMILES string of the molecule is COc1cc(-c2ccc(N3CCC(NC(=O)c4cc(F)ccc4Cl)C(O)C3)nc2)c2c(C#N)cnn2c1. The number of amides is 1. The molecule has 1 aliphatic heterocycles. The monoisotopic (exact) mass is 520 g/mol. The summed E-state index contributed by atoms with van der Waals surface area (Å²) >= 11 is 6.03. The summed E-state index contributed by atoms with van der Waals surface area (Å²) in [6, 6.07) is 10.8. The first kappa shape index (κ1) is 24.5. The summed E-state index contributed by atoms with van der Waals surface area (Å²) in [4.78, 5) is 19.1. The van der Waals surface area contributed by atoms with Crippen LogP contribution in [0.15, 0.2) is 55.0 Å². The van der Waals surface area contributed by atoms with Crippen molar-refractivity contribution in [3.05, 3.63) is 77.0 Å². The number of nitriles is 1. The van der Waals surface area contributed by atoms with Crippen molar-refractivity contribution < 1.29 is 19.0 Å². The number of anilines is 1. The fourth-order valence-electron chi connectivity index (χ4n) is 4.47. The van der Waals surface area contributed by atoms with Gasteiger partial charge in [0.1, 0.15) is 23.5 Å². The minimum Gasteiger partial charge on any atom is -0.495 e. The molecule has 1 aliphatic rings. The average molecular weight is 521 g/mol. The minimum absolute atomic E-state index is 0.0259. The largest absolute Gasteiger partial charge is 0.495 e. The first-order chi connectivity index (χ1) is 17.9. The molecule has 0 saturated carbocycles. The Morgan fingerprint density at radius 2 is 2.14 bits per heavy atom. The van der Waals surface area contributed by atoms with Crippen molar-refractivity contribution in [3.8, 4) is 22.9 Å². The molecule has 1 saturated heterocycles. The number of benzene rings is 1. The molecule has 2 N–H and O–H groups in total. The highest BCUT2D eigenvalue weighted by molar-refractivity contribution is 6.33. The number of aliphatic hydroxyl groups is 1. The number of carbonyl (C=O) groups is 1. The van der Waals surface area contributed by atoms with Crippen LogP contribution in [0.1, 0.15) is 22.3 Å². The smallest absolute Gasteiger partial charge is 0.253 e. The van der Waals surface area contributed by atoms with E-state index in [-0.39, 0.29) is 17.1 Å². The molecule has 188 valence electrons. The second-order valence-corrected chi connectivity index (χ2v) is 9.08. The summed E-state index contributed by atoms with van der Waals surface area (Å²) in [5.41, 5.74) is 2.65. The van der Waals surface area contributed by atoms with Crippen LogP contribution in [-0.4, -0.2) is 58.0 Å². The zero-order valence-electron chi connectivity index (χ0n) is 19.7. The van der Waals surface area contributed by atoms with E-state index >= 15 is 0 Å². The van der Waals surface area contributed by atoms with Gasteiger partial charge in [0.15, 0.2) is 0 Å². The van der Waals surface area contributed by atoms with Crippen molar-refractivity contribution in [2.24, 2.45) is 0 Å². The van der Waals surface area contributed by atoms with E-state index in [0.717, 1.165) is 17.2 Å². The van der Waals surface area contributed by atoms with E-state index in [1.807, 2.05) is 23.1 Å². The lowest BCUT2D eigenvalue weighted by molar-refractivity contribution is 0.0797. The Balaban J connectivity index is 1.31. The molecule has 5 rings (SSSR count). The maximum atomic E-state index is 13.5. The summed E-state index contributed by atoms with van der Waals surface area (Å²) in [6.07, 6.45) is 4.50. The molecule has 4 aromatic rings. The number of pyridine rings is 2.